The molecule has 0 atom stereocenters. The average molecular weight is 382 g/mol. The molecule has 2 N–H and O–H groups in total. The molecular weight excluding hydrogens is 350 g/mol. The maximum atomic E-state index is 11.8. The number of aromatic carboxylic acids is 1. The highest BCUT2D eigenvalue weighted by Gasteiger charge is 2.05. The number of nitrogens with one attached hydrogen (secondary N) is 1. The molecule has 0 saturated heterocycles. The van der Waals surface area contributed by atoms with E-state index in [0.717, 1.165) is 12.8 Å². The quantitative estimate of drug-likeness (QED) is 0.364. The molecule has 150 valence electrons. The maximum Gasteiger partial charge on any atom is 0.335 e. The van der Waals surface area contributed by atoms with Crippen LogP contribution in [0.3, 0.4) is 0 Å². The van der Waals surface area contributed by atoms with Gasteiger partial charge in [0.05, 0.1) is 5.56 Å². The number of amides is 1. The van der Waals surface area contributed by atoms with Crippen LogP contribution in [-0.4, -0.2) is 17.0 Å². The van der Waals surface area contributed by atoms with E-state index in [2.05, 4.69) is 35.9 Å². The lowest BCUT2D eigenvalue weighted by atomic mass is 10.1. The standard InChI is InChI=1S/C24H31NO3/c1-2-3-4-5-6-7-8-9-10-11-12-13-14-15-19-23(26)25-22-18-16-17-21(20-22)24(27)28/h16-18,20H,2-10,15,19H2,1H3,(H,25,26)(H,27,28). The van der Waals surface area contributed by atoms with Crippen molar-refractivity contribution in [3.05, 3.63) is 29.8 Å². The lowest BCUT2D eigenvalue weighted by Crippen LogP contribution is -2.11. The molecule has 1 amide bonds. The van der Waals surface area contributed by atoms with E-state index in [1.165, 1.54) is 57.1 Å². The predicted octanol–water partition coefficient (Wildman–Crippen LogP) is 5.64. The molecule has 4 nitrogen and oxygen atoms in total. The summed E-state index contributed by atoms with van der Waals surface area (Å²) in [6.45, 7) is 2.24. The van der Waals surface area contributed by atoms with Crippen molar-refractivity contribution in [1.82, 2.24) is 0 Å². The lowest BCUT2D eigenvalue weighted by Gasteiger charge is -2.04. The molecule has 0 fully saturated rings. The smallest absolute Gasteiger partial charge is 0.335 e. The zero-order valence-electron chi connectivity index (χ0n) is 16.9. The van der Waals surface area contributed by atoms with Gasteiger partial charge in [0.25, 0.3) is 0 Å². The van der Waals surface area contributed by atoms with Crippen LogP contribution in [0.1, 0.15) is 87.9 Å². The summed E-state index contributed by atoms with van der Waals surface area (Å²) in [5.41, 5.74) is 0.618. The van der Waals surface area contributed by atoms with Gasteiger partial charge in [-0.15, -0.1) is 0 Å². The zero-order valence-corrected chi connectivity index (χ0v) is 16.9. The molecule has 0 heterocycles. The first kappa shape index (κ1) is 23.3. The second-order valence-corrected chi connectivity index (χ2v) is 6.76. The number of carbonyl (C=O) groups is 2. The van der Waals surface area contributed by atoms with Gasteiger partial charge in [-0.05, 0) is 36.5 Å². The van der Waals surface area contributed by atoms with Gasteiger partial charge in [-0.3, -0.25) is 4.79 Å². The van der Waals surface area contributed by atoms with E-state index in [-0.39, 0.29) is 17.9 Å². The molecule has 0 saturated carbocycles. The zero-order chi connectivity index (χ0) is 20.5. The Hall–Kier alpha value is -2.72. The van der Waals surface area contributed by atoms with Crippen LogP contribution >= 0.6 is 0 Å². The molecule has 1 aromatic carbocycles. The number of carbonyl (C=O) groups excluding carboxylic acids is 1. The van der Waals surface area contributed by atoms with E-state index >= 15 is 0 Å². The Labute approximate surface area is 169 Å². The van der Waals surface area contributed by atoms with Crippen LogP contribution in [0.25, 0.3) is 0 Å². The summed E-state index contributed by atoms with van der Waals surface area (Å²) in [6.07, 6.45) is 11.9. The Kier molecular flexibility index (Phi) is 12.8. The van der Waals surface area contributed by atoms with Gasteiger partial charge in [-0.25, -0.2) is 4.79 Å². The molecular formula is C24H31NO3. The highest BCUT2D eigenvalue weighted by Crippen LogP contribution is 2.11. The van der Waals surface area contributed by atoms with Crippen LogP contribution in [0.5, 0.6) is 0 Å². The Balaban J connectivity index is 2.11. The molecule has 0 bridgehead atoms. The number of carboxylic acids is 1. The number of hydrogen-bond donors (Lipinski definition) is 2. The largest absolute Gasteiger partial charge is 0.478 e. The van der Waals surface area contributed by atoms with E-state index in [0.29, 0.717) is 12.1 Å². The van der Waals surface area contributed by atoms with Crippen LogP contribution in [0.2, 0.25) is 0 Å². The summed E-state index contributed by atoms with van der Waals surface area (Å²) in [7, 11) is 0. The summed E-state index contributed by atoms with van der Waals surface area (Å²) in [5, 5.41) is 11.6. The van der Waals surface area contributed by atoms with Gasteiger partial charge in [0.2, 0.25) is 5.91 Å². The molecule has 0 aromatic heterocycles. The third-order valence-electron chi connectivity index (χ3n) is 4.26. The van der Waals surface area contributed by atoms with Crippen molar-refractivity contribution in [2.75, 3.05) is 5.32 Å². The number of hydrogen-bond acceptors (Lipinski definition) is 2. The molecule has 0 spiro atoms. The van der Waals surface area contributed by atoms with E-state index < -0.39 is 5.97 Å². The van der Waals surface area contributed by atoms with Crippen LogP contribution in [0.15, 0.2) is 24.3 Å². The number of anilines is 1. The number of unbranched alkanes of at least 4 members (excludes halogenated alkanes) is 8. The SMILES string of the molecule is CCCCCCCCCCC#CC#CCCC(=O)Nc1cccc(C(=O)O)c1. The predicted molar refractivity (Wildman–Crippen MR) is 114 cm³/mol. The molecule has 0 unspecified atom stereocenters. The normalized spacial score (nSPS) is 9.61. The minimum Gasteiger partial charge on any atom is -0.478 e. The molecule has 28 heavy (non-hydrogen) atoms. The third kappa shape index (κ3) is 11.8. The Morgan fingerprint density at radius 1 is 0.929 bits per heavy atom. The van der Waals surface area contributed by atoms with E-state index in [1.807, 2.05) is 0 Å². The Morgan fingerprint density at radius 2 is 1.57 bits per heavy atom. The summed E-state index contributed by atoms with van der Waals surface area (Å²) < 4.78 is 0. The van der Waals surface area contributed by atoms with Crippen LogP contribution < -0.4 is 5.32 Å². The van der Waals surface area contributed by atoms with Crippen molar-refractivity contribution in [2.45, 2.75) is 77.6 Å². The van der Waals surface area contributed by atoms with Crippen molar-refractivity contribution >= 4 is 17.6 Å². The first-order valence-electron chi connectivity index (χ1n) is 10.2. The number of benzene rings is 1. The van der Waals surface area contributed by atoms with Crippen molar-refractivity contribution < 1.29 is 14.7 Å². The first-order chi connectivity index (χ1) is 13.6. The molecule has 1 rings (SSSR count). The van der Waals surface area contributed by atoms with Gasteiger partial charge in [-0.1, -0.05) is 69.8 Å². The summed E-state index contributed by atoms with van der Waals surface area (Å²) in [6, 6.07) is 6.17. The Morgan fingerprint density at radius 3 is 2.25 bits per heavy atom. The van der Waals surface area contributed by atoms with Crippen molar-refractivity contribution in [2.24, 2.45) is 0 Å². The van der Waals surface area contributed by atoms with Gasteiger partial charge < -0.3 is 10.4 Å². The van der Waals surface area contributed by atoms with E-state index in [1.54, 1.807) is 12.1 Å². The summed E-state index contributed by atoms with van der Waals surface area (Å²) >= 11 is 0. The maximum absolute atomic E-state index is 11.8. The Bertz CT molecular complexity index is 731. The lowest BCUT2D eigenvalue weighted by molar-refractivity contribution is -0.116. The van der Waals surface area contributed by atoms with Gasteiger partial charge in [0.15, 0.2) is 0 Å². The van der Waals surface area contributed by atoms with Crippen LogP contribution in [0.4, 0.5) is 5.69 Å². The fraction of sp³-hybridized carbons (Fsp3) is 0.500. The number of rotatable bonds is 12. The van der Waals surface area contributed by atoms with Crippen molar-refractivity contribution in [1.29, 1.82) is 0 Å². The monoisotopic (exact) mass is 381 g/mol. The molecule has 4 heteroatoms. The fourth-order valence-corrected chi connectivity index (χ4v) is 2.69. The van der Waals surface area contributed by atoms with Crippen molar-refractivity contribution in [3.63, 3.8) is 0 Å². The molecule has 1 aromatic rings. The van der Waals surface area contributed by atoms with E-state index in [9.17, 15) is 9.59 Å². The second-order valence-electron chi connectivity index (χ2n) is 6.76. The minimum absolute atomic E-state index is 0.143. The van der Waals surface area contributed by atoms with Crippen molar-refractivity contribution in [3.8, 4) is 23.7 Å². The van der Waals surface area contributed by atoms with Crippen LogP contribution in [-0.2, 0) is 4.79 Å². The number of carboxylic acid groups (broad SMARTS) is 1. The topological polar surface area (TPSA) is 66.4 Å². The minimum atomic E-state index is -1.02. The fourth-order valence-electron chi connectivity index (χ4n) is 2.69. The van der Waals surface area contributed by atoms with Gasteiger partial charge in [0, 0.05) is 24.9 Å². The van der Waals surface area contributed by atoms with Gasteiger partial charge in [-0.2, -0.15) is 0 Å². The average Bonchev–Trinajstić information content (AvgIpc) is 2.68. The second kappa shape index (κ2) is 15.3. The highest BCUT2D eigenvalue weighted by atomic mass is 16.4. The third-order valence-corrected chi connectivity index (χ3v) is 4.26. The highest BCUT2D eigenvalue weighted by molar-refractivity contribution is 5.93. The summed E-state index contributed by atoms with van der Waals surface area (Å²) in [4.78, 5) is 22.8. The van der Waals surface area contributed by atoms with Crippen LogP contribution in [0, 0.1) is 23.7 Å². The molecule has 0 aliphatic heterocycles. The van der Waals surface area contributed by atoms with E-state index in [4.69, 9.17) is 5.11 Å². The first-order valence-corrected chi connectivity index (χ1v) is 10.2. The van der Waals surface area contributed by atoms with Gasteiger partial charge >= 0.3 is 5.97 Å². The molecule has 0 aliphatic rings. The van der Waals surface area contributed by atoms with Gasteiger partial charge in [0.1, 0.15) is 0 Å². The molecule has 0 aliphatic carbocycles. The molecule has 0 radical (unpaired) electrons. The summed E-state index contributed by atoms with van der Waals surface area (Å²) in [5.74, 6) is 10.4.